The molecule has 1 aromatic carbocycles. The summed E-state index contributed by atoms with van der Waals surface area (Å²) in [4.78, 5) is 0.273. The molecule has 6 heteroatoms. The molecule has 1 fully saturated rings. The van der Waals surface area contributed by atoms with E-state index in [9.17, 15) is 8.42 Å². The molecule has 0 spiro atoms. The summed E-state index contributed by atoms with van der Waals surface area (Å²) in [7, 11) is -3.41. The smallest absolute Gasteiger partial charge is 0.241 e. The number of rotatable bonds is 5. The van der Waals surface area contributed by atoms with Gasteiger partial charge in [0.25, 0.3) is 0 Å². The first kappa shape index (κ1) is 13.0. The van der Waals surface area contributed by atoms with Crippen LogP contribution in [0.1, 0.15) is 18.4 Å². The highest BCUT2D eigenvalue weighted by Crippen LogP contribution is 2.29. The van der Waals surface area contributed by atoms with Crippen LogP contribution in [0, 0.1) is 5.92 Å². The Morgan fingerprint density at radius 1 is 1.41 bits per heavy atom. The molecular formula is C11H15BrN2O2S. The average molecular weight is 319 g/mol. The lowest BCUT2D eigenvalue weighted by Crippen LogP contribution is -2.26. The van der Waals surface area contributed by atoms with Gasteiger partial charge in [0.05, 0.1) is 4.90 Å². The van der Waals surface area contributed by atoms with Crippen LogP contribution in [-0.4, -0.2) is 15.0 Å². The molecule has 3 N–H and O–H groups in total. The molecule has 0 atom stereocenters. The largest absolute Gasteiger partial charge is 0.326 e. The van der Waals surface area contributed by atoms with Gasteiger partial charge in [-0.3, -0.25) is 0 Å². The van der Waals surface area contributed by atoms with E-state index in [2.05, 4.69) is 20.7 Å². The number of sulfonamides is 1. The summed E-state index contributed by atoms with van der Waals surface area (Å²) in [5, 5.41) is 0. The molecule has 94 valence electrons. The summed E-state index contributed by atoms with van der Waals surface area (Å²) in [5.41, 5.74) is 6.40. The van der Waals surface area contributed by atoms with Crippen molar-refractivity contribution >= 4 is 26.0 Å². The number of hydrogen-bond acceptors (Lipinski definition) is 3. The van der Waals surface area contributed by atoms with Crippen LogP contribution in [0.2, 0.25) is 0 Å². The minimum absolute atomic E-state index is 0.273. The van der Waals surface area contributed by atoms with Crippen LogP contribution >= 0.6 is 15.9 Å². The molecule has 0 radical (unpaired) electrons. The predicted octanol–water partition coefficient (Wildman–Crippen LogP) is 1.60. The first-order chi connectivity index (χ1) is 8.03. The van der Waals surface area contributed by atoms with Gasteiger partial charge in [-0.25, -0.2) is 13.1 Å². The quantitative estimate of drug-likeness (QED) is 0.866. The first-order valence-electron chi connectivity index (χ1n) is 5.51. The van der Waals surface area contributed by atoms with Crippen molar-refractivity contribution < 1.29 is 8.42 Å². The lowest BCUT2D eigenvalue weighted by Gasteiger charge is -2.09. The van der Waals surface area contributed by atoms with E-state index in [0.717, 1.165) is 18.4 Å². The van der Waals surface area contributed by atoms with Crippen LogP contribution in [0.3, 0.4) is 0 Å². The summed E-state index contributed by atoms with van der Waals surface area (Å²) in [6, 6.07) is 5.06. The Hall–Kier alpha value is -0.430. The van der Waals surface area contributed by atoms with E-state index in [1.807, 2.05) is 0 Å². The van der Waals surface area contributed by atoms with Crippen LogP contribution in [0.15, 0.2) is 27.6 Å². The maximum absolute atomic E-state index is 12.0. The van der Waals surface area contributed by atoms with Gasteiger partial charge in [-0.1, -0.05) is 6.07 Å². The maximum Gasteiger partial charge on any atom is 0.241 e. The highest BCUT2D eigenvalue weighted by Gasteiger charge is 2.25. The molecule has 1 aliphatic carbocycles. The van der Waals surface area contributed by atoms with Crippen molar-refractivity contribution in [2.45, 2.75) is 24.3 Å². The third-order valence-electron chi connectivity index (χ3n) is 2.78. The molecule has 0 amide bonds. The van der Waals surface area contributed by atoms with Crippen molar-refractivity contribution in [3.05, 3.63) is 28.2 Å². The lowest BCUT2D eigenvalue weighted by atomic mass is 10.2. The first-order valence-corrected chi connectivity index (χ1v) is 7.78. The standard InChI is InChI=1S/C11H15BrN2O2S/c12-10-5-9(6-13)3-4-11(10)17(15,16)14-7-8-1-2-8/h3-5,8,14H,1-2,6-7,13H2. The van der Waals surface area contributed by atoms with Gasteiger partial charge in [-0.15, -0.1) is 0 Å². The number of benzene rings is 1. The summed E-state index contributed by atoms with van der Waals surface area (Å²) in [5.74, 6) is 0.520. The zero-order valence-electron chi connectivity index (χ0n) is 9.32. The van der Waals surface area contributed by atoms with Crippen LogP contribution < -0.4 is 10.5 Å². The highest BCUT2D eigenvalue weighted by molar-refractivity contribution is 9.10. The molecule has 0 aliphatic heterocycles. The van der Waals surface area contributed by atoms with E-state index >= 15 is 0 Å². The van der Waals surface area contributed by atoms with E-state index in [1.54, 1.807) is 18.2 Å². The van der Waals surface area contributed by atoms with Crippen molar-refractivity contribution in [3.8, 4) is 0 Å². The maximum atomic E-state index is 12.0. The Morgan fingerprint density at radius 2 is 2.12 bits per heavy atom. The molecule has 0 saturated heterocycles. The number of nitrogens with two attached hydrogens (primary N) is 1. The van der Waals surface area contributed by atoms with Crippen LogP contribution in [0.5, 0.6) is 0 Å². The van der Waals surface area contributed by atoms with Crippen LogP contribution in [0.4, 0.5) is 0 Å². The fourth-order valence-electron chi connectivity index (χ4n) is 1.52. The van der Waals surface area contributed by atoms with E-state index in [0.29, 0.717) is 23.5 Å². The van der Waals surface area contributed by atoms with Gasteiger partial charge >= 0.3 is 0 Å². The zero-order chi connectivity index (χ0) is 12.5. The normalized spacial score (nSPS) is 16.1. The predicted molar refractivity (Wildman–Crippen MR) is 69.9 cm³/mol. The molecule has 1 saturated carbocycles. The summed E-state index contributed by atoms with van der Waals surface area (Å²) in [6.45, 7) is 0.932. The number of halogens is 1. The Morgan fingerprint density at radius 3 is 2.65 bits per heavy atom. The minimum atomic E-state index is -3.41. The van der Waals surface area contributed by atoms with Crippen molar-refractivity contribution in [2.24, 2.45) is 11.7 Å². The molecule has 1 aliphatic rings. The van der Waals surface area contributed by atoms with Gasteiger partial charge in [-0.05, 0) is 52.4 Å². The molecule has 1 aromatic rings. The van der Waals surface area contributed by atoms with Crippen molar-refractivity contribution in [1.29, 1.82) is 0 Å². The monoisotopic (exact) mass is 318 g/mol. The van der Waals surface area contributed by atoms with Gasteiger partial charge in [0.1, 0.15) is 0 Å². The Labute approximate surface area is 110 Å². The SMILES string of the molecule is NCc1ccc(S(=O)(=O)NCC2CC2)c(Br)c1. The molecule has 4 nitrogen and oxygen atoms in total. The molecule has 17 heavy (non-hydrogen) atoms. The highest BCUT2D eigenvalue weighted by atomic mass is 79.9. The number of nitrogens with one attached hydrogen (secondary N) is 1. The Kier molecular flexibility index (Phi) is 3.87. The van der Waals surface area contributed by atoms with E-state index < -0.39 is 10.0 Å². The van der Waals surface area contributed by atoms with Crippen LogP contribution in [-0.2, 0) is 16.6 Å². The van der Waals surface area contributed by atoms with Crippen molar-refractivity contribution in [2.75, 3.05) is 6.54 Å². The Balaban J connectivity index is 2.19. The topological polar surface area (TPSA) is 72.2 Å². The second-order valence-electron chi connectivity index (χ2n) is 4.26. The molecule has 0 heterocycles. The van der Waals surface area contributed by atoms with E-state index in [-0.39, 0.29) is 4.90 Å². The second-order valence-corrected chi connectivity index (χ2v) is 6.85. The zero-order valence-corrected chi connectivity index (χ0v) is 11.7. The van der Waals surface area contributed by atoms with Crippen molar-refractivity contribution in [1.82, 2.24) is 4.72 Å². The van der Waals surface area contributed by atoms with E-state index in [1.165, 1.54) is 0 Å². The molecule has 0 aromatic heterocycles. The van der Waals surface area contributed by atoms with Gasteiger partial charge in [0.15, 0.2) is 0 Å². The molecular weight excluding hydrogens is 304 g/mol. The molecule has 2 rings (SSSR count). The lowest BCUT2D eigenvalue weighted by molar-refractivity contribution is 0.577. The van der Waals surface area contributed by atoms with E-state index in [4.69, 9.17) is 5.73 Å². The molecule has 0 bridgehead atoms. The number of hydrogen-bond donors (Lipinski definition) is 2. The second kappa shape index (κ2) is 5.06. The van der Waals surface area contributed by atoms with Crippen LogP contribution in [0.25, 0.3) is 0 Å². The average Bonchev–Trinajstić information content (AvgIpc) is 3.09. The van der Waals surface area contributed by atoms with Gasteiger partial charge in [0.2, 0.25) is 10.0 Å². The fraction of sp³-hybridized carbons (Fsp3) is 0.455. The summed E-state index contributed by atoms with van der Waals surface area (Å²) in [6.07, 6.45) is 2.24. The summed E-state index contributed by atoms with van der Waals surface area (Å²) >= 11 is 3.27. The van der Waals surface area contributed by atoms with Gasteiger partial charge in [-0.2, -0.15) is 0 Å². The fourth-order valence-corrected chi connectivity index (χ4v) is 3.76. The Bertz CT molecular complexity index is 512. The van der Waals surface area contributed by atoms with Gasteiger partial charge < -0.3 is 5.73 Å². The third-order valence-corrected chi connectivity index (χ3v) is 5.18. The molecule has 0 unspecified atom stereocenters. The van der Waals surface area contributed by atoms with Gasteiger partial charge in [0, 0.05) is 17.6 Å². The summed E-state index contributed by atoms with van der Waals surface area (Å²) < 4.78 is 27.2. The third kappa shape index (κ3) is 3.28. The minimum Gasteiger partial charge on any atom is -0.326 e. The van der Waals surface area contributed by atoms with Crippen molar-refractivity contribution in [3.63, 3.8) is 0 Å².